The maximum atomic E-state index is 14.5. The van der Waals surface area contributed by atoms with Crippen LogP contribution in [0.25, 0.3) is 0 Å². The summed E-state index contributed by atoms with van der Waals surface area (Å²) in [4.78, 5) is 20.1. The highest BCUT2D eigenvalue weighted by Crippen LogP contribution is 2.35. The summed E-state index contributed by atoms with van der Waals surface area (Å²) >= 11 is 0. The van der Waals surface area contributed by atoms with E-state index in [1.807, 2.05) is 49.9 Å². The quantitative estimate of drug-likeness (QED) is 0.268. The molecular formula is C32H35FN4O3S. The summed E-state index contributed by atoms with van der Waals surface area (Å²) < 4.78 is 45.8. The number of hydrogen-bond donors (Lipinski definition) is 1. The first-order chi connectivity index (χ1) is 19.6. The Kier molecular flexibility index (Phi) is 8.37. The van der Waals surface area contributed by atoms with Gasteiger partial charge >= 0.3 is 0 Å². The third-order valence-electron chi connectivity index (χ3n) is 7.82. The molecule has 3 aromatic carbocycles. The average Bonchev–Trinajstić information content (AvgIpc) is 3.36. The molecular weight excluding hydrogens is 539 g/mol. The first-order valence-corrected chi connectivity index (χ1v) is 15.3. The molecule has 1 N–H and O–H groups in total. The van der Waals surface area contributed by atoms with Crippen molar-refractivity contribution in [2.75, 3.05) is 4.90 Å². The van der Waals surface area contributed by atoms with Crippen molar-refractivity contribution in [3.63, 3.8) is 0 Å². The number of amides is 1. The number of nitrogens with zero attached hydrogens (tertiary/aromatic N) is 3. The molecule has 214 valence electrons. The zero-order chi connectivity index (χ0) is 29.1. The van der Waals surface area contributed by atoms with E-state index in [9.17, 15) is 17.6 Å². The number of aryl methyl sites for hydroxylation is 3. The number of carbonyl (C=O) groups is 1. The number of fused-ring (bicyclic) bond motifs is 1. The number of carbonyl (C=O) groups excluding carboxylic acids is 1. The molecule has 0 radical (unpaired) electrons. The highest BCUT2D eigenvalue weighted by atomic mass is 32.2. The number of halogens is 1. The van der Waals surface area contributed by atoms with Crippen molar-refractivity contribution in [1.82, 2.24) is 14.3 Å². The van der Waals surface area contributed by atoms with Gasteiger partial charge < -0.3 is 9.47 Å². The van der Waals surface area contributed by atoms with Crippen molar-refractivity contribution in [3.8, 4) is 0 Å². The van der Waals surface area contributed by atoms with Gasteiger partial charge in [-0.3, -0.25) is 4.79 Å². The van der Waals surface area contributed by atoms with Crippen LogP contribution in [-0.4, -0.2) is 23.9 Å². The standard InChI is InChI=1S/C32H35FN4O3S/c1-22-11-15-26(16-12-22)41(39,40)35-30-10-6-7-24-13-14-25(20-28(24)30)37(21-31-34-17-18-36(31)3)32(38)19-23(2)27-8-4-5-9-29(27)33/h4-5,8-9,11-18,20,23,30,35H,6-7,10,19,21H2,1-3H3/t23-,30+/m0/s1. The van der Waals surface area contributed by atoms with Crippen molar-refractivity contribution >= 4 is 21.6 Å². The van der Waals surface area contributed by atoms with E-state index in [0.29, 0.717) is 23.5 Å². The first kappa shape index (κ1) is 28.7. The molecule has 0 spiro atoms. The normalized spacial score (nSPS) is 15.8. The Labute approximate surface area is 241 Å². The Bertz CT molecular complexity index is 1650. The molecule has 2 atom stereocenters. The van der Waals surface area contributed by atoms with Crippen LogP contribution in [0.4, 0.5) is 10.1 Å². The number of anilines is 1. The molecule has 1 aliphatic carbocycles. The van der Waals surface area contributed by atoms with E-state index in [4.69, 9.17) is 0 Å². The van der Waals surface area contributed by atoms with Crippen LogP contribution in [0.5, 0.6) is 0 Å². The number of nitrogens with one attached hydrogen (secondary N) is 1. The molecule has 1 aliphatic rings. The molecule has 1 heterocycles. The molecule has 1 amide bonds. The maximum absolute atomic E-state index is 14.5. The highest BCUT2D eigenvalue weighted by Gasteiger charge is 2.28. The minimum atomic E-state index is -3.75. The third kappa shape index (κ3) is 6.41. The van der Waals surface area contributed by atoms with E-state index in [1.54, 1.807) is 53.6 Å². The van der Waals surface area contributed by atoms with E-state index in [-0.39, 0.29) is 35.5 Å². The third-order valence-corrected chi connectivity index (χ3v) is 9.31. The Morgan fingerprint density at radius 1 is 1.15 bits per heavy atom. The van der Waals surface area contributed by atoms with Gasteiger partial charge in [0.25, 0.3) is 0 Å². The lowest BCUT2D eigenvalue weighted by Crippen LogP contribution is -2.34. The molecule has 0 aliphatic heterocycles. The van der Waals surface area contributed by atoms with Crippen LogP contribution in [0.2, 0.25) is 0 Å². The number of hydrogen-bond acceptors (Lipinski definition) is 4. The topological polar surface area (TPSA) is 84.3 Å². The van der Waals surface area contributed by atoms with Crippen molar-refractivity contribution in [3.05, 3.63) is 113 Å². The van der Waals surface area contributed by atoms with Crippen LogP contribution in [0.1, 0.15) is 66.2 Å². The molecule has 0 saturated carbocycles. The SMILES string of the molecule is Cc1ccc(S(=O)(=O)N[C@@H]2CCCc3ccc(N(Cc4nccn4C)C(=O)C[C@H](C)c4ccccc4F)cc32)cc1. The number of rotatable bonds is 9. The van der Waals surface area contributed by atoms with Gasteiger partial charge in [-0.2, -0.15) is 0 Å². The lowest BCUT2D eigenvalue weighted by Gasteiger charge is -2.30. The molecule has 5 rings (SSSR count). The summed E-state index contributed by atoms with van der Waals surface area (Å²) in [5.41, 5.74) is 4.05. The Hall–Kier alpha value is -3.82. The predicted molar refractivity (Wildman–Crippen MR) is 157 cm³/mol. The van der Waals surface area contributed by atoms with Crippen LogP contribution in [0, 0.1) is 12.7 Å². The molecule has 9 heteroatoms. The summed E-state index contributed by atoms with van der Waals surface area (Å²) in [6.45, 7) is 3.99. The Balaban J connectivity index is 1.46. The molecule has 7 nitrogen and oxygen atoms in total. The van der Waals surface area contributed by atoms with Gasteiger partial charge in [0, 0.05) is 37.6 Å². The predicted octanol–water partition coefficient (Wildman–Crippen LogP) is 5.95. The summed E-state index contributed by atoms with van der Waals surface area (Å²) in [6, 6.07) is 18.7. The second kappa shape index (κ2) is 12.0. The molecule has 0 unspecified atom stereocenters. The zero-order valence-electron chi connectivity index (χ0n) is 23.5. The molecule has 0 saturated heterocycles. The van der Waals surface area contributed by atoms with Gasteiger partial charge in [0.2, 0.25) is 15.9 Å². The second-order valence-corrected chi connectivity index (χ2v) is 12.5. The van der Waals surface area contributed by atoms with Gasteiger partial charge in [0.15, 0.2) is 0 Å². The first-order valence-electron chi connectivity index (χ1n) is 13.8. The van der Waals surface area contributed by atoms with Gasteiger partial charge in [-0.05, 0) is 79.1 Å². The second-order valence-electron chi connectivity index (χ2n) is 10.8. The van der Waals surface area contributed by atoms with Crippen LogP contribution in [0.3, 0.4) is 0 Å². The van der Waals surface area contributed by atoms with Crippen LogP contribution in [0.15, 0.2) is 84.0 Å². The number of sulfonamides is 1. The van der Waals surface area contributed by atoms with Crippen LogP contribution in [-0.2, 0) is 34.8 Å². The van der Waals surface area contributed by atoms with Crippen molar-refractivity contribution in [2.45, 2.75) is 62.9 Å². The maximum Gasteiger partial charge on any atom is 0.241 e. The van der Waals surface area contributed by atoms with Crippen LogP contribution < -0.4 is 9.62 Å². The minimum Gasteiger partial charge on any atom is -0.337 e. The lowest BCUT2D eigenvalue weighted by molar-refractivity contribution is -0.119. The molecule has 0 fully saturated rings. The Morgan fingerprint density at radius 3 is 2.61 bits per heavy atom. The average molecular weight is 575 g/mol. The largest absolute Gasteiger partial charge is 0.337 e. The number of aromatic nitrogens is 2. The smallest absolute Gasteiger partial charge is 0.241 e. The van der Waals surface area contributed by atoms with Crippen molar-refractivity contribution < 1.29 is 17.6 Å². The van der Waals surface area contributed by atoms with E-state index in [1.165, 1.54) is 6.07 Å². The number of benzene rings is 3. The van der Waals surface area contributed by atoms with E-state index in [2.05, 4.69) is 9.71 Å². The van der Waals surface area contributed by atoms with Crippen molar-refractivity contribution in [2.24, 2.45) is 7.05 Å². The lowest BCUT2D eigenvalue weighted by atomic mass is 9.87. The molecule has 0 bridgehead atoms. The van der Waals surface area contributed by atoms with E-state index in [0.717, 1.165) is 29.5 Å². The minimum absolute atomic E-state index is 0.103. The zero-order valence-corrected chi connectivity index (χ0v) is 24.4. The fourth-order valence-corrected chi connectivity index (χ4v) is 6.67. The number of imidazole rings is 1. The van der Waals surface area contributed by atoms with Gasteiger partial charge in [0.05, 0.1) is 11.4 Å². The molecule has 4 aromatic rings. The summed E-state index contributed by atoms with van der Waals surface area (Å²) in [5, 5.41) is 0. The van der Waals surface area contributed by atoms with E-state index >= 15 is 0 Å². The Morgan fingerprint density at radius 2 is 1.90 bits per heavy atom. The fourth-order valence-electron chi connectivity index (χ4n) is 5.42. The highest BCUT2D eigenvalue weighted by molar-refractivity contribution is 7.89. The summed E-state index contributed by atoms with van der Waals surface area (Å²) in [7, 11) is -1.87. The summed E-state index contributed by atoms with van der Waals surface area (Å²) in [6.07, 6.45) is 5.94. The van der Waals surface area contributed by atoms with Gasteiger partial charge in [-0.25, -0.2) is 22.5 Å². The van der Waals surface area contributed by atoms with Gasteiger partial charge in [-0.1, -0.05) is 48.9 Å². The monoisotopic (exact) mass is 574 g/mol. The van der Waals surface area contributed by atoms with E-state index < -0.39 is 16.1 Å². The van der Waals surface area contributed by atoms with Gasteiger partial charge in [-0.15, -0.1) is 0 Å². The van der Waals surface area contributed by atoms with Gasteiger partial charge in [0.1, 0.15) is 11.6 Å². The molecule has 1 aromatic heterocycles. The summed E-state index contributed by atoms with van der Waals surface area (Å²) in [5.74, 6) is -0.136. The van der Waals surface area contributed by atoms with Crippen molar-refractivity contribution in [1.29, 1.82) is 0 Å². The molecule has 41 heavy (non-hydrogen) atoms. The fraction of sp³-hybridized carbons (Fsp3) is 0.312. The van der Waals surface area contributed by atoms with Crippen LogP contribution >= 0.6 is 0 Å².